The number of nitrogens with two attached hydrogens (primary N) is 1. The molecule has 1 unspecified atom stereocenters. The first-order valence-corrected chi connectivity index (χ1v) is 6.46. The Balaban J connectivity index is 0.00000220. The number of hydrogen-bond donors (Lipinski definition) is 1. The summed E-state index contributed by atoms with van der Waals surface area (Å²) >= 11 is 0. The van der Waals surface area contributed by atoms with Crippen molar-refractivity contribution in [1.29, 1.82) is 0 Å². The number of aryl methyl sites for hydroxylation is 1. The molecule has 2 rings (SSSR count). The van der Waals surface area contributed by atoms with Crippen molar-refractivity contribution in [3.8, 4) is 11.3 Å². The number of carbonyl (C=O) groups excluding carboxylic acids is 1. The van der Waals surface area contributed by atoms with E-state index in [-0.39, 0.29) is 30.8 Å². The zero-order valence-corrected chi connectivity index (χ0v) is 12.9. The van der Waals surface area contributed by atoms with E-state index in [0.29, 0.717) is 0 Å². The SMILES string of the molecule is COC(=O)CC(N)c1ccnc(-c2ccccc2C)c1.Cl. The molecule has 0 aliphatic rings. The predicted octanol–water partition coefficient (Wildman–Crippen LogP) is 3.04. The molecule has 0 radical (unpaired) electrons. The van der Waals surface area contributed by atoms with Gasteiger partial charge in [-0.2, -0.15) is 0 Å². The Hall–Kier alpha value is -1.91. The second-order valence-corrected chi connectivity index (χ2v) is 4.68. The van der Waals surface area contributed by atoms with Crippen LogP contribution in [-0.2, 0) is 9.53 Å². The third-order valence-corrected chi connectivity index (χ3v) is 3.25. The summed E-state index contributed by atoms with van der Waals surface area (Å²) in [4.78, 5) is 15.7. The molecule has 1 atom stereocenters. The first-order valence-electron chi connectivity index (χ1n) is 6.46. The Bertz CT molecular complexity index is 617. The zero-order chi connectivity index (χ0) is 14.5. The quantitative estimate of drug-likeness (QED) is 0.882. The molecule has 0 amide bonds. The predicted molar refractivity (Wildman–Crippen MR) is 85.2 cm³/mol. The monoisotopic (exact) mass is 306 g/mol. The van der Waals surface area contributed by atoms with Crippen molar-refractivity contribution < 1.29 is 9.53 Å². The molecule has 0 aliphatic heterocycles. The van der Waals surface area contributed by atoms with Crippen molar-refractivity contribution in [3.63, 3.8) is 0 Å². The topological polar surface area (TPSA) is 65.2 Å². The van der Waals surface area contributed by atoms with Gasteiger partial charge in [-0.3, -0.25) is 9.78 Å². The number of ether oxygens (including phenoxy) is 1. The number of methoxy groups -OCH3 is 1. The minimum absolute atomic E-state index is 0. The van der Waals surface area contributed by atoms with E-state index >= 15 is 0 Å². The van der Waals surface area contributed by atoms with E-state index in [1.54, 1.807) is 6.20 Å². The van der Waals surface area contributed by atoms with E-state index in [9.17, 15) is 4.79 Å². The standard InChI is InChI=1S/C16H18N2O2.ClH/c1-11-5-3-4-6-13(11)15-9-12(7-8-18-15)14(17)10-16(19)20-2;/h3-9,14H,10,17H2,1-2H3;1H. The van der Waals surface area contributed by atoms with Crippen LogP contribution in [0, 0.1) is 6.92 Å². The number of nitrogens with zero attached hydrogens (tertiary/aromatic N) is 1. The van der Waals surface area contributed by atoms with Crippen molar-refractivity contribution in [2.75, 3.05) is 7.11 Å². The van der Waals surface area contributed by atoms with Gasteiger partial charge in [0.05, 0.1) is 19.2 Å². The molecular formula is C16H19ClN2O2. The summed E-state index contributed by atoms with van der Waals surface area (Å²) in [5.41, 5.74) is 9.99. The van der Waals surface area contributed by atoms with E-state index in [0.717, 1.165) is 22.4 Å². The lowest BCUT2D eigenvalue weighted by Gasteiger charge is -2.12. The van der Waals surface area contributed by atoms with Gasteiger partial charge in [0, 0.05) is 17.8 Å². The molecule has 0 spiro atoms. The summed E-state index contributed by atoms with van der Waals surface area (Å²) in [6.07, 6.45) is 1.88. The van der Waals surface area contributed by atoms with Crippen LogP contribution in [0.25, 0.3) is 11.3 Å². The molecule has 21 heavy (non-hydrogen) atoms. The van der Waals surface area contributed by atoms with Crippen LogP contribution in [0.5, 0.6) is 0 Å². The Kier molecular flexibility index (Phi) is 6.34. The highest BCUT2D eigenvalue weighted by Crippen LogP contribution is 2.24. The van der Waals surface area contributed by atoms with Crippen LogP contribution < -0.4 is 5.73 Å². The molecule has 0 saturated heterocycles. The highest BCUT2D eigenvalue weighted by molar-refractivity contribution is 5.85. The summed E-state index contributed by atoms with van der Waals surface area (Å²) in [5, 5.41) is 0. The molecule has 1 aromatic carbocycles. The second kappa shape index (κ2) is 7.76. The van der Waals surface area contributed by atoms with Crippen molar-refractivity contribution in [1.82, 2.24) is 4.98 Å². The second-order valence-electron chi connectivity index (χ2n) is 4.68. The molecule has 1 heterocycles. The molecule has 0 aliphatic carbocycles. The Morgan fingerprint density at radius 1 is 1.33 bits per heavy atom. The third-order valence-electron chi connectivity index (χ3n) is 3.25. The van der Waals surface area contributed by atoms with Gasteiger partial charge in [0.2, 0.25) is 0 Å². The maximum Gasteiger partial charge on any atom is 0.307 e. The minimum Gasteiger partial charge on any atom is -0.469 e. The number of pyridine rings is 1. The lowest BCUT2D eigenvalue weighted by molar-refractivity contribution is -0.141. The van der Waals surface area contributed by atoms with Crippen LogP contribution in [0.3, 0.4) is 0 Å². The lowest BCUT2D eigenvalue weighted by Crippen LogP contribution is -2.16. The van der Waals surface area contributed by atoms with Crippen LogP contribution in [-0.4, -0.2) is 18.1 Å². The van der Waals surface area contributed by atoms with Gasteiger partial charge in [-0.1, -0.05) is 24.3 Å². The Morgan fingerprint density at radius 2 is 2.05 bits per heavy atom. The Labute approximate surface area is 130 Å². The van der Waals surface area contributed by atoms with Gasteiger partial charge in [-0.05, 0) is 30.2 Å². The average Bonchev–Trinajstić information content (AvgIpc) is 2.47. The van der Waals surface area contributed by atoms with Gasteiger partial charge in [0.15, 0.2) is 0 Å². The van der Waals surface area contributed by atoms with E-state index in [4.69, 9.17) is 5.73 Å². The molecule has 2 N–H and O–H groups in total. The van der Waals surface area contributed by atoms with E-state index in [1.165, 1.54) is 7.11 Å². The molecule has 112 valence electrons. The summed E-state index contributed by atoms with van der Waals surface area (Å²) in [5.74, 6) is -0.313. The lowest BCUT2D eigenvalue weighted by atomic mass is 10.0. The third kappa shape index (κ3) is 4.28. The number of halogens is 1. The maximum atomic E-state index is 11.3. The van der Waals surface area contributed by atoms with Gasteiger partial charge in [0.1, 0.15) is 0 Å². The average molecular weight is 307 g/mol. The van der Waals surface area contributed by atoms with Gasteiger partial charge in [0.25, 0.3) is 0 Å². The van der Waals surface area contributed by atoms with Crippen LogP contribution in [0.1, 0.15) is 23.6 Å². The van der Waals surface area contributed by atoms with Crippen molar-refractivity contribution in [2.45, 2.75) is 19.4 Å². The summed E-state index contributed by atoms with van der Waals surface area (Å²) < 4.78 is 4.64. The maximum absolute atomic E-state index is 11.3. The fraction of sp³-hybridized carbons (Fsp3) is 0.250. The summed E-state index contributed by atoms with van der Waals surface area (Å²) in [6, 6.07) is 11.4. The fourth-order valence-corrected chi connectivity index (χ4v) is 2.07. The number of esters is 1. The molecular weight excluding hydrogens is 288 g/mol. The highest BCUT2D eigenvalue weighted by atomic mass is 35.5. The normalized spacial score (nSPS) is 11.4. The van der Waals surface area contributed by atoms with Crippen molar-refractivity contribution in [2.24, 2.45) is 5.73 Å². The van der Waals surface area contributed by atoms with Crippen LogP contribution in [0.15, 0.2) is 42.6 Å². The fourth-order valence-electron chi connectivity index (χ4n) is 2.07. The molecule has 5 heteroatoms. The Morgan fingerprint density at radius 3 is 2.71 bits per heavy atom. The molecule has 1 aromatic heterocycles. The van der Waals surface area contributed by atoms with E-state index in [1.807, 2.05) is 43.3 Å². The summed E-state index contributed by atoms with van der Waals surface area (Å²) in [7, 11) is 1.36. The number of benzene rings is 1. The number of hydrogen-bond acceptors (Lipinski definition) is 4. The van der Waals surface area contributed by atoms with Crippen molar-refractivity contribution in [3.05, 3.63) is 53.7 Å². The van der Waals surface area contributed by atoms with Crippen molar-refractivity contribution >= 4 is 18.4 Å². The first-order chi connectivity index (χ1) is 9.61. The van der Waals surface area contributed by atoms with E-state index in [2.05, 4.69) is 9.72 Å². The van der Waals surface area contributed by atoms with Gasteiger partial charge in [-0.25, -0.2) is 0 Å². The zero-order valence-electron chi connectivity index (χ0n) is 12.1. The minimum atomic E-state index is -0.381. The van der Waals surface area contributed by atoms with Crippen LogP contribution in [0.4, 0.5) is 0 Å². The number of carbonyl (C=O) groups is 1. The largest absolute Gasteiger partial charge is 0.469 e. The van der Waals surface area contributed by atoms with E-state index < -0.39 is 0 Å². The summed E-state index contributed by atoms with van der Waals surface area (Å²) in [6.45, 7) is 2.04. The molecule has 2 aromatic rings. The molecule has 4 nitrogen and oxygen atoms in total. The molecule has 0 saturated carbocycles. The smallest absolute Gasteiger partial charge is 0.307 e. The molecule has 0 fully saturated rings. The first kappa shape index (κ1) is 17.1. The number of rotatable bonds is 4. The van der Waals surface area contributed by atoms with Crippen LogP contribution in [0.2, 0.25) is 0 Å². The highest BCUT2D eigenvalue weighted by Gasteiger charge is 2.13. The van der Waals surface area contributed by atoms with Gasteiger partial charge < -0.3 is 10.5 Å². The van der Waals surface area contributed by atoms with Gasteiger partial charge in [-0.15, -0.1) is 12.4 Å². The van der Waals surface area contributed by atoms with Crippen LogP contribution >= 0.6 is 12.4 Å². The van der Waals surface area contributed by atoms with Gasteiger partial charge >= 0.3 is 5.97 Å². The number of aromatic nitrogens is 1. The molecule has 0 bridgehead atoms.